The molecule has 0 saturated heterocycles. The maximum absolute atomic E-state index is 12.6. The second kappa shape index (κ2) is 10.8. The van der Waals surface area contributed by atoms with Crippen molar-refractivity contribution in [2.45, 2.75) is 56.5 Å². The fourth-order valence-electron chi connectivity index (χ4n) is 5.15. The molecule has 2 aliphatic rings. The minimum atomic E-state index is -2.84. The van der Waals surface area contributed by atoms with E-state index in [1.807, 2.05) is 36.4 Å². The number of alkyl carbamates (subject to hydrolysis) is 1. The molecule has 2 amide bonds. The summed E-state index contributed by atoms with van der Waals surface area (Å²) in [6.07, 6.45) is -2.33. The normalized spacial score (nSPS) is 19.6. The van der Waals surface area contributed by atoms with Gasteiger partial charge in [-0.3, -0.25) is 4.79 Å². The molecule has 0 spiro atoms. The number of fused-ring (bicyclic) bond motifs is 3. The average Bonchev–Trinajstić information content (AvgIpc) is 3.38. The first-order valence-electron chi connectivity index (χ1n) is 11.7. The van der Waals surface area contributed by atoms with Crippen LogP contribution in [0.2, 0.25) is 0 Å². The quantitative estimate of drug-likeness (QED) is 0.490. The number of hydrogen-bond donors (Lipinski definition) is 3. The molecule has 0 bridgehead atoms. The van der Waals surface area contributed by atoms with E-state index in [2.05, 4.69) is 22.8 Å². The first kappa shape index (κ1) is 24.6. The van der Waals surface area contributed by atoms with E-state index < -0.39 is 36.9 Å². The van der Waals surface area contributed by atoms with E-state index in [4.69, 9.17) is 9.84 Å². The van der Waals surface area contributed by atoms with Crippen LogP contribution in [0.15, 0.2) is 48.5 Å². The molecule has 2 aromatic carbocycles. The van der Waals surface area contributed by atoms with Crippen LogP contribution in [0.4, 0.5) is 13.6 Å². The number of carboxylic acids is 1. The van der Waals surface area contributed by atoms with E-state index in [9.17, 15) is 23.2 Å². The lowest BCUT2D eigenvalue weighted by molar-refractivity contribution is -0.143. The van der Waals surface area contributed by atoms with Crippen molar-refractivity contribution in [3.05, 3.63) is 59.7 Å². The fraction of sp³-hybridized carbons (Fsp3) is 0.423. The highest BCUT2D eigenvalue weighted by molar-refractivity contribution is 5.84. The number of carbonyl (C=O) groups excluding carboxylic acids is 2. The molecule has 0 heterocycles. The first-order chi connectivity index (χ1) is 16.8. The molecule has 0 aliphatic heterocycles. The number of aliphatic carboxylic acids is 1. The van der Waals surface area contributed by atoms with Crippen molar-refractivity contribution < 1.29 is 33.0 Å². The Morgan fingerprint density at radius 1 is 1.00 bits per heavy atom. The van der Waals surface area contributed by atoms with Crippen LogP contribution >= 0.6 is 0 Å². The van der Waals surface area contributed by atoms with E-state index in [1.165, 1.54) is 0 Å². The maximum atomic E-state index is 12.6. The highest BCUT2D eigenvalue weighted by atomic mass is 19.3. The Morgan fingerprint density at radius 2 is 1.63 bits per heavy atom. The number of carbonyl (C=O) groups is 3. The van der Waals surface area contributed by atoms with Crippen molar-refractivity contribution in [2.24, 2.45) is 5.92 Å². The summed E-state index contributed by atoms with van der Waals surface area (Å²) in [6.45, 7) is 0.172. The van der Waals surface area contributed by atoms with E-state index in [0.717, 1.165) is 28.7 Å². The molecule has 2 aliphatic carbocycles. The van der Waals surface area contributed by atoms with Gasteiger partial charge in [-0.25, -0.2) is 18.4 Å². The molecule has 2 aromatic rings. The van der Waals surface area contributed by atoms with Crippen LogP contribution in [0.3, 0.4) is 0 Å². The molecule has 1 saturated carbocycles. The third-order valence-electron chi connectivity index (χ3n) is 6.80. The zero-order chi connectivity index (χ0) is 24.9. The number of hydrogen-bond acceptors (Lipinski definition) is 4. The van der Waals surface area contributed by atoms with E-state index in [-0.39, 0.29) is 30.9 Å². The lowest BCUT2D eigenvalue weighted by Crippen LogP contribution is -2.44. The van der Waals surface area contributed by atoms with Gasteiger partial charge in [-0.15, -0.1) is 0 Å². The molecule has 0 radical (unpaired) electrons. The van der Waals surface area contributed by atoms with Gasteiger partial charge in [0.05, 0.1) is 0 Å². The van der Waals surface area contributed by atoms with E-state index in [1.54, 1.807) is 0 Å². The van der Waals surface area contributed by atoms with Crippen LogP contribution in [-0.4, -0.2) is 48.2 Å². The van der Waals surface area contributed by atoms with Crippen LogP contribution in [0.25, 0.3) is 11.1 Å². The SMILES string of the molecule is O=C(C[C@@H]1CCC[C@H]1NC(=O)OCC1c2ccccc2-c2ccccc21)NC(CC(F)F)C(=O)O. The minimum absolute atomic E-state index is 0.0542. The number of benzene rings is 2. The molecule has 35 heavy (non-hydrogen) atoms. The summed E-state index contributed by atoms with van der Waals surface area (Å²) in [5.41, 5.74) is 4.47. The summed E-state index contributed by atoms with van der Waals surface area (Å²) in [7, 11) is 0. The molecule has 7 nitrogen and oxygen atoms in total. The van der Waals surface area contributed by atoms with Gasteiger partial charge in [-0.1, -0.05) is 55.0 Å². The Labute approximate surface area is 201 Å². The number of rotatable bonds is 9. The van der Waals surface area contributed by atoms with Gasteiger partial charge in [0, 0.05) is 24.8 Å². The number of nitrogens with one attached hydrogen (secondary N) is 2. The van der Waals surface area contributed by atoms with Gasteiger partial charge in [0.2, 0.25) is 12.3 Å². The van der Waals surface area contributed by atoms with E-state index >= 15 is 0 Å². The standard InChI is InChI=1S/C26H28F2N2O5/c27-23(28)13-22(25(32)33)29-24(31)12-15-6-5-11-21(15)30-26(34)35-14-20-18-9-3-1-7-16(18)17-8-2-4-10-19(17)20/h1-4,7-10,15,20-23H,5-6,11-14H2,(H,29,31)(H,30,34)(H,32,33)/t15-,21+,22?/m0/s1. The number of ether oxygens (including phenoxy) is 1. The second-order valence-electron chi connectivity index (χ2n) is 9.06. The van der Waals surface area contributed by atoms with Gasteiger partial charge >= 0.3 is 12.1 Å². The van der Waals surface area contributed by atoms with Crippen LogP contribution in [0.5, 0.6) is 0 Å². The van der Waals surface area contributed by atoms with Crippen molar-refractivity contribution in [3.8, 4) is 11.1 Å². The summed E-state index contributed by atoms with van der Waals surface area (Å²) in [4.78, 5) is 36.0. The Balaban J connectivity index is 1.31. The van der Waals surface area contributed by atoms with Crippen molar-refractivity contribution in [1.29, 1.82) is 0 Å². The topological polar surface area (TPSA) is 105 Å². The summed E-state index contributed by atoms with van der Waals surface area (Å²) in [6, 6.07) is 14.1. The molecule has 9 heteroatoms. The third kappa shape index (κ3) is 5.78. The molecule has 4 rings (SSSR count). The molecule has 1 unspecified atom stereocenters. The van der Waals surface area contributed by atoms with Crippen LogP contribution in [0, 0.1) is 5.92 Å². The number of halogens is 2. The molecular weight excluding hydrogens is 458 g/mol. The Bertz CT molecular complexity index is 1050. The van der Waals surface area contributed by atoms with Gasteiger partial charge in [-0.05, 0) is 41.0 Å². The van der Waals surface area contributed by atoms with Gasteiger partial charge < -0.3 is 20.5 Å². The monoisotopic (exact) mass is 486 g/mol. The Morgan fingerprint density at radius 3 is 2.23 bits per heavy atom. The molecule has 1 fully saturated rings. The van der Waals surface area contributed by atoms with Gasteiger partial charge in [0.1, 0.15) is 12.6 Å². The average molecular weight is 487 g/mol. The first-order valence-corrected chi connectivity index (χ1v) is 11.7. The van der Waals surface area contributed by atoms with Crippen LogP contribution in [0.1, 0.15) is 49.1 Å². The smallest absolute Gasteiger partial charge is 0.407 e. The maximum Gasteiger partial charge on any atom is 0.407 e. The highest BCUT2D eigenvalue weighted by Crippen LogP contribution is 2.44. The van der Waals surface area contributed by atoms with Crippen molar-refractivity contribution >= 4 is 18.0 Å². The number of alkyl halides is 2. The molecule has 3 atom stereocenters. The van der Waals surface area contributed by atoms with Crippen LogP contribution in [-0.2, 0) is 14.3 Å². The third-order valence-corrected chi connectivity index (χ3v) is 6.80. The fourth-order valence-corrected chi connectivity index (χ4v) is 5.15. The van der Waals surface area contributed by atoms with Crippen molar-refractivity contribution in [3.63, 3.8) is 0 Å². The summed E-state index contributed by atoms with van der Waals surface area (Å²) in [5.74, 6) is -2.42. The van der Waals surface area contributed by atoms with Gasteiger partial charge in [-0.2, -0.15) is 0 Å². The number of carboxylic acid groups (broad SMARTS) is 1. The minimum Gasteiger partial charge on any atom is -0.480 e. The van der Waals surface area contributed by atoms with Crippen molar-refractivity contribution in [2.75, 3.05) is 6.61 Å². The largest absolute Gasteiger partial charge is 0.480 e. The summed E-state index contributed by atoms with van der Waals surface area (Å²) in [5, 5.41) is 14.1. The molecular formula is C26H28F2N2O5. The zero-order valence-corrected chi connectivity index (χ0v) is 19.1. The highest BCUT2D eigenvalue weighted by Gasteiger charge is 2.33. The van der Waals surface area contributed by atoms with Crippen LogP contribution < -0.4 is 10.6 Å². The van der Waals surface area contributed by atoms with Crippen molar-refractivity contribution in [1.82, 2.24) is 10.6 Å². The lowest BCUT2D eigenvalue weighted by Gasteiger charge is -2.22. The molecule has 186 valence electrons. The van der Waals surface area contributed by atoms with Gasteiger partial charge in [0.25, 0.3) is 0 Å². The van der Waals surface area contributed by atoms with Gasteiger partial charge in [0.15, 0.2) is 0 Å². The molecule has 0 aromatic heterocycles. The number of amides is 2. The predicted octanol–water partition coefficient (Wildman–Crippen LogP) is 4.31. The Kier molecular flexibility index (Phi) is 7.63. The lowest BCUT2D eigenvalue weighted by atomic mass is 9.98. The zero-order valence-electron chi connectivity index (χ0n) is 19.1. The van der Waals surface area contributed by atoms with E-state index in [0.29, 0.717) is 12.8 Å². The summed E-state index contributed by atoms with van der Waals surface area (Å²) >= 11 is 0. The second-order valence-corrected chi connectivity index (χ2v) is 9.06. The Hall–Kier alpha value is -3.49. The summed E-state index contributed by atoms with van der Waals surface area (Å²) < 4.78 is 30.7. The molecule has 3 N–H and O–H groups in total. The predicted molar refractivity (Wildman–Crippen MR) is 124 cm³/mol.